The molecular weight excluding hydrogens is 323 g/mol. The number of anilines is 1. The van der Waals surface area contributed by atoms with Gasteiger partial charge in [-0.3, -0.25) is 4.79 Å². The summed E-state index contributed by atoms with van der Waals surface area (Å²) in [5.74, 6) is -1.09. The Morgan fingerprint density at radius 1 is 1.30 bits per heavy atom. The van der Waals surface area contributed by atoms with Crippen molar-refractivity contribution in [1.82, 2.24) is 0 Å². The first-order valence-electron chi connectivity index (χ1n) is 6.05. The van der Waals surface area contributed by atoms with Crippen molar-refractivity contribution in [1.29, 1.82) is 0 Å². The largest absolute Gasteiger partial charge is 0.381 e. The lowest BCUT2D eigenvalue weighted by atomic mass is 10.1. The van der Waals surface area contributed by atoms with Crippen LogP contribution in [0.1, 0.15) is 21.5 Å². The summed E-state index contributed by atoms with van der Waals surface area (Å²) in [6.07, 6.45) is 0. The molecule has 0 aliphatic rings. The van der Waals surface area contributed by atoms with Crippen LogP contribution in [0.15, 0.2) is 40.9 Å². The monoisotopic (exact) mass is 336 g/mol. The predicted molar refractivity (Wildman–Crippen MR) is 81.1 cm³/mol. The average Bonchev–Trinajstić information content (AvgIpc) is 2.42. The fourth-order valence-corrected chi connectivity index (χ4v) is 2.07. The van der Waals surface area contributed by atoms with Crippen molar-refractivity contribution in [3.05, 3.63) is 63.4 Å². The second-order valence-electron chi connectivity index (χ2n) is 4.47. The highest BCUT2D eigenvalue weighted by molar-refractivity contribution is 9.10. The van der Waals surface area contributed by atoms with E-state index < -0.39 is 11.7 Å². The lowest BCUT2D eigenvalue weighted by molar-refractivity contribution is 0.1000. The van der Waals surface area contributed by atoms with Crippen LogP contribution in [-0.2, 0) is 6.54 Å². The van der Waals surface area contributed by atoms with Gasteiger partial charge >= 0.3 is 0 Å². The number of carbonyl (C=O) groups is 1. The molecule has 0 saturated carbocycles. The van der Waals surface area contributed by atoms with E-state index >= 15 is 0 Å². The molecule has 0 unspecified atom stereocenters. The van der Waals surface area contributed by atoms with Crippen LogP contribution in [0.3, 0.4) is 0 Å². The SMILES string of the molecule is Cc1c(F)cc(C(N)=O)cc1NCc1ccc(Br)cc1. The third-order valence-electron chi connectivity index (χ3n) is 3.03. The van der Waals surface area contributed by atoms with Crippen molar-refractivity contribution < 1.29 is 9.18 Å². The molecule has 2 aromatic carbocycles. The second-order valence-corrected chi connectivity index (χ2v) is 5.39. The van der Waals surface area contributed by atoms with Gasteiger partial charge in [0, 0.05) is 27.8 Å². The van der Waals surface area contributed by atoms with Gasteiger partial charge in [0.05, 0.1) is 0 Å². The maximum absolute atomic E-state index is 13.7. The molecule has 3 nitrogen and oxygen atoms in total. The zero-order chi connectivity index (χ0) is 14.7. The van der Waals surface area contributed by atoms with Crippen molar-refractivity contribution in [2.45, 2.75) is 13.5 Å². The van der Waals surface area contributed by atoms with Gasteiger partial charge in [-0.05, 0) is 36.8 Å². The number of hydrogen-bond acceptors (Lipinski definition) is 2. The van der Waals surface area contributed by atoms with Crippen LogP contribution in [0.2, 0.25) is 0 Å². The van der Waals surface area contributed by atoms with E-state index in [-0.39, 0.29) is 5.56 Å². The van der Waals surface area contributed by atoms with E-state index in [9.17, 15) is 9.18 Å². The molecule has 0 atom stereocenters. The number of carbonyl (C=O) groups excluding carboxylic acids is 1. The van der Waals surface area contributed by atoms with E-state index in [1.165, 1.54) is 0 Å². The highest BCUT2D eigenvalue weighted by Gasteiger charge is 2.10. The van der Waals surface area contributed by atoms with E-state index in [4.69, 9.17) is 5.73 Å². The van der Waals surface area contributed by atoms with Crippen LogP contribution in [0, 0.1) is 12.7 Å². The molecule has 0 aliphatic heterocycles. The highest BCUT2D eigenvalue weighted by Crippen LogP contribution is 2.21. The summed E-state index contributed by atoms with van der Waals surface area (Å²) in [5, 5.41) is 3.12. The standard InChI is InChI=1S/C15H14BrFN2O/c1-9-13(17)6-11(15(18)20)7-14(9)19-8-10-2-4-12(16)5-3-10/h2-7,19H,8H2,1H3,(H2,18,20). The molecule has 5 heteroatoms. The van der Waals surface area contributed by atoms with Crippen LogP contribution in [-0.4, -0.2) is 5.91 Å². The zero-order valence-electron chi connectivity index (χ0n) is 10.9. The number of amides is 1. The zero-order valence-corrected chi connectivity index (χ0v) is 12.5. The van der Waals surface area contributed by atoms with Crippen molar-refractivity contribution in [2.24, 2.45) is 5.73 Å². The molecule has 0 saturated heterocycles. The molecule has 20 heavy (non-hydrogen) atoms. The van der Waals surface area contributed by atoms with Crippen molar-refractivity contribution in [3.8, 4) is 0 Å². The minimum Gasteiger partial charge on any atom is -0.381 e. The lowest BCUT2D eigenvalue weighted by Gasteiger charge is -2.12. The molecule has 0 aliphatic carbocycles. The Hall–Kier alpha value is -1.88. The van der Waals surface area contributed by atoms with Crippen molar-refractivity contribution in [2.75, 3.05) is 5.32 Å². The minimum atomic E-state index is -0.643. The van der Waals surface area contributed by atoms with Gasteiger partial charge in [-0.25, -0.2) is 4.39 Å². The summed E-state index contributed by atoms with van der Waals surface area (Å²) in [5.41, 5.74) is 7.43. The third-order valence-corrected chi connectivity index (χ3v) is 3.55. The van der Waals surface area contributed by atoms with Crippen LogP contribution in [0.5, 0.6) is 0 Å². The Balaban J connectivity index is 2.20. The summed E-state index contributed by atoms with van der Waals surface area (Å²) < 4.78 is 14.7. The summed E-state index contributed by atoms with van der Waals surface area (Å²) in [7, 11) is 0. The predicted octanol–water partition coefficient (Wildman–Crippen LogP) is 3.61. The molecule has 0 fully saturated rings. The normalized spacial score (nSPS) is 10.3. The first-order valence-corrected chi connectivity index (χ1v) is 6.85. The Morgan fingerprint density at radius 3 is 2.55 bits per heavy atom. The quantitative estimate of drug-likeness (QED) is 0.896. The maximum atomic E-state index is 13.7. The van der Waals surface area contributed by atoms with E-state index in [0.717, 1.165) is 16.1 Å². The summed E-state index contributed by atoms with van der Waals surface area (Å²) in [6.45, 7) is 2.19. The number of nitrogens with two attached hydrogens (primary N) is 1. The molecule has 0 heterocycles. The number of hydrogen-bond donors (Lipinski definition) is 2. The van der Waals surface area contributed by atoms with Gasteiger partial charge in [0.15, 0.2) is 0 Å². The summed E-state index contributed by atoms with van der Waals surface area (Å²) >= 11 is 3.37. The molecule has 3 N–H and O–H groups in total. The van der Waals surface area contributed by atoms with Crippen molar-refractivity contribution in [3.63, 3.8) is 0 Å². The topological polar surface area (TPSA) is 55.1 Å². The molecular formula is C15H14BrFN2O. The van der Waals surface area contributed by atoms with Gasteiger partial charge < -0.3 is 11.1 Å². The van der Waals surface area contributed by atoms with Gasteiger partial charge in [0.2, 0.25) is 5.91 Å². The Kier molecular flexibility index (Phi) is 4.39. The maximum Gasteiger partial charge on any atom is 0.248 e. The average molecular weight is 337 g/mol. The van der Waals surface area contributed by atoms with Crippen LogP contribution >= 0.6 is 15.9 Å². The number of benzene rings is 2. The molecule has 0 spiro atoms. The van der Waals surface area contributed by atoms with E-state index in [0.29, 0.717) is 17.8 Å². The molecule has 104 valence electrons. The van der Waals surface area contributed by atoms with E-state index in [2.05, 4.69) is 21.2 Å². The third kappa shape index (κ3) is 3.36. The fraction of sp³-hybridized carbons (Fsp3) is 0.133. The number of halogens is 2. The first-order chi connectivity index (χ1) is 9.47. The number of primary amides is 1. The number of rotatable bonds is 4. The van der Waals surface area contributed by atoms with Crippen LogP contribution in [0.4, 0.5) is 10.1 Å². The Morgan fingerprint density at radius 2 is 1.95 bits per heavy atom. The van der Waals surface area contributed by atoms with Crippen molar-refractivity contribution >= 4 is 27.5 Å². The van der Waals surface area contributed by atoms with E-state index in [1.54, 1.807) is 13.0 Å². The van der Waals surface area contributed by atoms with Crippen LogP contribution < -0.4 is 11.1 Å². The van der Waals surface area contributed by atoms with Gasteiger partial charge in [-0.2, -0.15) is 0 Å². The lowest BCUT2D eigenvalue weighted by Crippen LogP contribution is -2.13. The van der Waals surface area contributed by atoms with Crippen LogP contribution in [0.25, 0.3) is 0 Å². The molecule has 1 amide bonds. The highest BCUT2D eigenvalue weighted by atomic mass is 79.9. The molecule has 2 aromatic rings. The Bertz CT molecular complexity index is 641. The Labute approximate surface area is 125 Å². The molecule has 2 rings (SSSR count). The second kappa shape index (κ2) is 6.05. The summed E-state index contributed by atoms with van der Waals surface area (Å²) in [4.78, 5) is 11.2. The van der Waals surface area contributed by atoms with Gasteiger partial charge in [0.25, 0.3) is 0 Å². The van der Waals surface area contributed by atoms with E-state index in [1.807, 2.05) is 24.3 Å². The fourth-order valence-electron chi connectivity index (χ4n) is 1.80. The first kappa shape index (κ1) is 14.5. The van der Waals surface area contributed by atoms with Gasteiger partial charge in [-0.15, -0.1) is 0 Å². The van der Waals surface area contributed by atoms with Gasteiger partial charge in [-0.1, -0.05) is 28.1 Å². The minimum absolute atomic E-state index is 0.159. The van der Waals surface area contributed by atoms with Gasteiger partial charge in [0.1, 0.15) is 5.82 Å². The molecule has 0 bridgehead atoms. The summed E-state index contributed by atoms with van der Waals surface area (Å²) in [6, 6.07) is 10.5. The molecule has 0 aromatic heterocycles. The molecule has 0 radical (unpaired) electrons. The smallest absolute Gasteiger partial charge is 0.248 e. The number of nitrogens with one attached hydrogen (secondary N) is 1.